The van der Waals surface area contributed by atoms with Gasteiger partial charge in [0, 0.05) is 51.0 Å². The van der Waals surface area contributed by atoms with E-state index >= 15 is 0 Å². The summed E-state index contributed by atoms with van der Waals surface area (Å²) in [7, 11) is 0. The quantitative estimate of drug-likeness (QED) is 0.352. The molecule has 1 saturated heterocycles. The Hall–Kier alpha value is -3.40. The minimum absolute atomic E-state index is 0.227. The molecule has 3 aromatic rings. The number of hydrazine groups is 1. The van der Waals surface area contributed by atoms with Gasteiger partial charge in [0.25, 0.3) is 0 Å². The van der Waals surface area contributed by atoms with E-state index in [1.807, 2.05) is 18.3 Å². The molecule has 2 aromatic carbocycles. The van der Waals surface area contributed by atoms with Crippen molar-refractivity contribution in [2.45, 2.75) is 13.1 Å². The van der Waals surface area contributed by atoms with Crippen LogP contribution in [0.4, 0.5) is 5.82 Å². The van der Waals surface area contributed by atoms with E-state index in [4.69, 9.17) is 32.4 Å². The van der Waals surface area contributed by atoms with Crippen molar-refractivity contribution in [1.82, 2.24) is 20.7 Å². The number of pyridine rings is 1. The summed E-state index contributed by atoms with van der Waals surface area (Å²) < 4.78 is 10.9. The summed E-state index contributed by atoms with van der Waals surface area (Å²) in [5.41, 5.74) is 15.8. The van der Waals surface area contributed by atoms with Crippen LogP contribution in [0, 0.1) is 0 Å². The highest BCUT2D eigenvalue weighted by molar-refractivity contribution is 7.80. The average Bonchev–Trinajstić information content (AvgIpc) is 3.33. The Balaban J connectivity index is 1.15. The second-order valence-electron chi connectivity index (χ2n) is 8.40. The Morgan fingerprint density at radius 2 is 1.79 bits per heavy atom. The summed E-state index contributed by atoms with van der Waals surface area (Å²) in [4.78, 5) is 9.57. The van der Waals surface area contributed by atoms with E-state index in [0.29, 0.717) is 13.3 Å². The number of fused-ring (bicyclic) bond motifs is 1. The molecule has 176 valence electrons. The van der Waals surface area contributed by atoms with Crippen molar-refractivity contribution in [3.05, 3.63) is 71.9 Å². The third-order valence-corrected chi connectivity index (χ3v) is 6.15. The van der Waals surface area contributed by atoms with Crippen LogP contribution in [0.25, 0.3) is 11.1 Å². The normalized spacial score (nSPS) is 15.4. The van der Waals surface area contributed by atoms with Gasteiger partial charge in [-0.25, -0.2) is 10.4 Å². The van der Waals surface area contributed by atoms with Crippen LogP contribution in [-0.2, 0) is 13.1 Å². The molecule has 0 unspecified atom stereocenters. The molecule has 2 aliphatic heterocycles. The molecule has 2 aliphatic rings. The standard InChI is InChI=1S/C25H28N6O2S/c26-25(34)29-28-14-18-2-1-3-20(12-18)21-5-7-24(27-15-21)31-10-8-30(9-11-31)16-19-4-6-22-23(13-19)33-17-32-22/h1-7,12-13,15,28H,8-11,14,16-17H2,(H3,26,29,34). The molecule has 0 saturated carbocycles. The van der Waals surface area contributed by atoms with Crippen LogP contribution in [0.1, 0.15) is 11.1 Å². The smallest absolute Gasteiger partial charge is 0.231 e. The van der Waals surface area contributed by atoms with Crippen molar-refractivity contribution < 1.29 is 9.47 Å². The summed E-state index contributed by atoms with van der Waals surface area (Å²) in [6.07, 6.45) is 1.95. The van der Waals surface area contributed by atoms with Gasteiger partial charge < -0.3 is 20.1 Å². The van der Waals surface area contributed by atoms with Crippen LogP contribution in [0.15, 0.2) is 60.8 Å². The van der Waals surface area contributed by atoms with Crippen molar-refractivity contribution in [2.75, 3.05) is 37.9 Å². The molecule has 4 N–H and O–H groups in total. The topological polar surface area (TPSA) is 87.9 Å². The fraction of sp³-hybridized carbons (Fsp3) is 0.280. The van der Waals surface area contributed by atoms with Gasteiger partial charge in [0.15, 0.2) is 16.6 Å². The van der Waals surface area contributed by atoms with Crippen molar-refractivity contribution in [2.24, 2.45) is 5.73 Å². The molecule has 34 heavy (non-hydrogen) atoms. The monoisotopic (exact) mass is 476 g/mol. The molecule has 1 fully saturated rings. The summed E-state index contributed by atoms with van der Waals surface area (Å²) in [5, 5.41) is 0.227. The molecule has 0 bridgehead atoms. The van der Waals surface area contributed by atoms with E-state index in [1.165, 1.54) is 5.56 Å². The Morgan fingerprint density at radius 3 is 2.59 bits per heavy atom. The van der Waals surface area contributed by atoms with E-state index in [-0.39, 0.29) is 5.11 Å². The highest BCUT2D eigenvalue weighted by Gasteiger charge is 2.20. The van der Waals surface area contributed by atoms with Gasteiger partial charge in [-0.15, -0.1) is 0 Å². The van der Waals surface area contributed by atoms with E-state index in [0.717, 1.165) is 66.7 Å². The largest absolute Gasteiger partial charge is 0.454 e. The van der Waals surface area contributed by atoms with Crippen molar-refractivity contribution in [3.63, 3.8) is 0 Å². The maximum Gasteiger partial charge on any atom is 0.231 e. The van der Waals surface area contributed by atoms with Crippen LogP contribution in [0.5, 0.6) is 11.5 Å². The first-order valence-corrected chi connectivity index (χ1v) is 11.7. The number of ether oxygens (including phenoxy) is 2. The van der Waals surface area contributed by atoms with E-state index < -0.39 is 0 Å². The fourth-order valence-corrected chi connectivity index (χ4v) is 4.34. The Bertz CT molecular complexity index is 1150. The molecule has 3 heterocycles. The third kappa shape index (κ3) is 5.39. The number of nitrogens with one attached hydrogen (secondary N) is 2. The van der Waals surface area contributed by atoms with Crippen molar-refractivity contribution in [3.8, 4) is 22.6 Å². The SMILES string of the molecule is NC(=S)NNCc1cccc(-c2ccc(N3CCN(Cc4ccc5c(c4)OCO5)CC3)nc2)c1. The highest BCUT2D eigenvalue weighted by atomic mass is 32.1. The van der Waals surface area contributed by atoms with Crippen molar-refractivity contribution >= 4 is 23.1 Å². The Kier molecular flexibility index (Phi) is 6.75. The van der Waals surface area contributed by atoms with E-state index in [1.54, 1.807) is 0 Å². The minimum Gasteiger partial charge on any atom is -0.454 e. The zero-order valence-corrected chi connectivity index (χ0v) is 19.7. The summed E-state index contributed by atoms with van der Waals surface area (Å²) in [6.45, 7) is 5.73. The predicted octanol–water partition coefficient (Wildman–Crippen LogP) is 2.64. The predicted molar refractivity (Wildman–Crippen MR) is 136 cm³/mol. The molecule has 0 spiro atoms. The lowest BCUT2D eigenvalue weighted by molar-refractivity contribution is 0.174. The number of piperazine rings is 1. The van der Waals surface area contributed by atoms with Crippen LogP contribution in [-0.4, -0.2) is 48.0 Å². The molecule has 1 aromatic heterocycles. The van der Waals surface area contributed by atoms with Gasteiger partial charge in [0.2, 0.25) is 6.79 Å². The zero-order valence-electron chi connectivity index (χ0n) is 18.9. The maximum atomic E-state index is 5.50. The molecule has 0 amide bonds. The van der Waals surface area contributed by atoms with Crippen LogP contribution >= 0.6 is 12.2 Å². The number of rotatable bonds is 7. The van der Waals surface area contributed by atoms with Crippen molar-refractivity contribution in [1.29, 1.82) is 0 Å². The van der Waals surface area contributed by atoms with Gasteiger partial charge in [0.1, 0.15) is 5.82 Å². The summed E-state index contributed by atoms with van der Waals surface area (Å²) in [6, 6.07) is 18.8. The number of nitrogens with zero attached hydrogens (tertiary/aromatic N) is 3. The highest BCUT2D eigenvalue weighted by Crippen LogP contribution is 2.33. The number of thiocarbonyl (C=S) groups is 1. The molecule has 0 aliphatic carbocycles. The van der Waals surface area contributed by atoms with Gasteiger partial charge in [-0.05, 0) is 59.2 Å². The Morgan fingerprint density at radius 1 is 0.941 bits per heavy atom. The van der Waals surface area contributed by atoms with Gasteiger partial charge >= 0.3 is 0 Å². The molecular weight excluding hydrogens is 448 g/mol. The number of anilines is 1. The number of nitrogens with two attached hydrogens (primary N) is 1. The minimum atomic E-state index is 0.227. The first-order valence-electron chi connectivity index (χ1n) is 11.3. The number of benzene rings is 2. The van der Waals surface area contributed by atoms with Gasteiger partial charge in [-0.1, -0.05) is 24.3 Å². The van der Waals surface area contributed by atoms with Crippen LogP contribution < -0.4 is 31.0 Å². The lowest BCUT2D eigenvalue weighted by Crippen LogP contribution is -2.46. The van der Waals surface area contributed by atoms with E-state index in [9.17, 15) is 0 Å². The molecular formula is C25H28N6O2S. The van der Waals surface area contributed by atoms with Gasteiger partial charge in [-0.3, -0.25) is 10.3 Å². The number of hydrogen-bond acceptors (Lipinski definition) is 7. The zero-order chi connectivity index (χ0) is 23.3. The van der Waals surface area contributed by atoms with E-state index in [2.05, 4.69) is 63.1 Å². The third-order valence-electron chi connectivity index (χ3n) is 6.05. The fourth-order valence-electron chi connectivity index (χ4n) is 4.27. The lowest BCUT2D eigenvalue weighted by atomic mass is 10.0. The first-order chi connectivity index (χ1) is 16.6. The second kappa shape index (κ2) is 10.3. The molecule has 8 nitrogen and oxygen atoms in total. The van der Waals surface area contributed by atoms with Crippen LogP contribution in [0.2, 0.25) is 0 Å². The molecule has 0 radical (unpaired) electrons. The maximum absolute atomic E-state index is 5.50. The first kappa shape index (κ1) is 22.4. The lowest BCUT2D eigenvalue weighted by Gasteiger charge is -2.35. The molecule has 5 rings (SSSR count). The summed E-state index contributed by atoms with van der Waals surface area (Å²) >= 11 is 4.81. The van der Waals surface area contributed by atoms with Gasteiger partial charge in [-0.2, -0.15) is 0 Å². The summed E-state index contributed by atoms with van der Waals surface area (Å²) in [5.74, 6) is 2.70. The number of hydrogen-bond donors (Lipinski definition) is 3. The molecule has 9 heteroatoms. The number of aromatic nitrogens is 1. The Labute approximate surface area is 204 Å². The van der Waals surface area contributed by atoms with Gasteiger partial charge in [0.05, 0.1) is 0 Å². The average molecular weight is 477 g/mol. The second-order valence-corrected chi connectivity index (χ2v) is 8.84. The van der Waals surface area contributed by atoms with Crippen LogP contribution in [0.3, 0.4) is 0 Å². The molecule has 0 atom stereocenters.